The third kappa shape index (κ3) is 3.20. The number of pyridine rings is 1. The summed E-state index contributed by atoms with van der Waals surface area (Å²) in [7, 11) is 0. The van der Waals surface area contributed by atoms with Crippen LogP contribution in [0.25, 0.3) is 0 Å². The zero-order valence-electron chi connectivity index (χ0n) is 12.1. The zero-order valence-corrected chi connectivity index (χ0v) is 12.1. The summed E-state index contributed by atoms with van der Waals surface area (Å²) in [4.78, 5) is 26.6. The minimum Gasteiger partial charge on any atom is -0.452 e. The van der Waals surface area contributed by atoms with Gasteiger partial charge >= 0.3 is 0 Å². The van der Waals surface area contributed by atoms with E-state index in [1.807, 2.05) is 0 Å². The van der Waals surface area contributed by atoms with Gasteiger partial charge in [0.05, 0.1) is 16.6 Å². The molecule has 0 atom stereocenters. The van der Waals surface area contributed by atoms with Crippen LogP contribution in [0.2, 0.25) is 0 Å². The van der Waals surface area contributed by atoms with E-state index >= 15 is 0 Å². The molecule has 1 amide bonds. The average molecular weight is 314 g/mol. The first-order chi connectivity index (χ1) is 11.1. The molecule has 0 spiro atoms. The SMILES string of the molecule is O=C1NCCCNc2ncc([N+](=O)[O-])cc2Oc2ccccc21. The zero-order chi connectivity index (χ0) is 16.2. The fourth-order valence-corrected chi connectivity index (χ4v) is 2.20. The first kappa shape index (κ1) is 14.8. The van der Waals surface area contributed by atoms with Crippen molar-refractivity contribution < 1.29 is 14.5 Å². The molecule has 1 aliphatic heterocycles. The van der Waals surface area contributed by atoms with Gasteiger partial charge in [0.1, 0.15) is 11.9 Å². The van der Waals surface area contributed by atoms with Crippen LogP contribution in [0.5, 0.6) is 11.5 Å². The lowest BCUT2D eigenvalue weighted by Gasteiger charge is -2.12. The lowest BCUT2D eigenvalue weighted by molar-refractivity contribution is -0.385. The molecule has 0 radical (unpaired) electrons. The van der Waals surface area contributed by atoms with Gasteiger partial charge in [-0.15, -0.1) is 0 Å². The van der Waals surface area contributed by atoms with Crippen molar-refractivity contribution in [2.45, 2.75) is 6.42 Å². The molecule has 1 aliphatic rings. The van der Waals surface area contributed by atoms with Gasteiger partial charge in [-0.3, -0.25) is 14.9 Å². The van der Waals surface area contributed by atoms with E-state index in [0.29, 0.717) is 36.6 Å². The second kappa shape index (κ2) is 6.30. The van der Waals surface area contributed by atoms with Crippen LogP contribution in [0.1, 0.15) is 16.8 Å². The summed E-state index contributed by atoms with van der Waals surface area (Å²) in [6.07, 6.45) is 1.86. The quantitative estimate of drug-likeness (QED) is 0.618. The van der Waals surface area contributed by atoms with Gasteiger partial charge in [-0.2, -0.15) is 0 Å². The van der Waals surface area contributed by atoms with Gasteiger partial charge in [-0.1, -0.05) is 12.1 Å². The monoisotopic (exact) mass is 314 g/mol. The lowest BCUT2D eigenvalue weighted by Crippen LogP contribution is -2.25. The number of amides is 1. The summed E-state index contributed by atoms with van der Waals surface area (Å²) in [6.45, 7) is 1.06. The molecule has 1 aromatic carbocycles. The summed E-state index contributed by atoms with van der Waals surface area (Å²) >= 11 is 0. The minimum absolute atomic E-state index is 0.178. The number of carbonyl (C=O) groups is 1. The number of anilines is 1. The maximum atomic E-state index is 12.2. The van der Waals surface area contributed by atoms with E-state index < -0.39 is 4.92 Å². The van der Waals surface area contributed by atoms with E-state index in [9.17, 15) is 14.9 Å². The third-order valence-electron chi connectivity index (χ3n) is 3.33. The van der Waals surface area contributed by atoms with E-state index in [4.69, 9.17) is 4.74 Å². The molecule has 0 unspecified atom stereocenters. The predicted molar refractivity (Wildman–Crippen MR) is 82.8 cm³/mol. The Bertz CT molecular complexity index is 763. The van der Waals surface area contributed by atoms with Crippen LogP contribution >= 0.6 is 0 Å². The Morgan fingerprint density at radius 3 is 2.78 bits per heavy atom. The van der Waals surface area contributed by atoms with Crippen LogP contribution in [-0.4, -0.2) is 28.9 Å². The summed E-state index contributed by atoms with van der Waals surface area (Å²) in [5.74, 6) is 0.681. The number of carbonyl (C=O) groups excluding carboxylic acids is 1. The Morgan fingerprint density at radius 2 is 1.96 bits per heavy atom. The molecule has 2 N–H and O–H groups in total. The van der Waals surface area contributed by atoms with Crippen LogP contribution in [0.4, 0.5) is 11.5 Å². The van der Waals surface area contributed by atoms with Crippen molar-refractivity contribution in [1.29, 1.82) is 0 Å². The van der Waals surface area contributed by atoms with Gasteiger partial charge in [0.15, 0.2) is 11.6 Å². The fourth-order valence-electron chi connectivity index (χ4n) is 2.20. The highest BCUT2D eigenvalue weighted by atomic mass is 16.6. The molecule has 8 heteroatoms. The third-order valence-corrected chi connectivity index (χ3v) is 3.33. The molecule has 0 aliphatic carbocycles. The second-order valence-electron chi connectivity index (χ2n) is 4.93. The van der Waals surface area contributed by atoms with Crippen molar-refractivity contribution in [2.75, 3.05) is 18.4 Å². The Balaban J connectivity index is 2.07. The number of nitrogens with zero attached hydrogens (tertiary/aromatic N) is 2. The fraction of sp³-hybridized carbons (Fsp3) is 0.200. The maximum Gasteiger partial charge on any atom is 0.291 e. The number of nitro groups is 1. The molecule has 2 aromatic rings. The van der Waals surface area contributed by atoms with Crippen LogP contribution < -0.4 is 15.4 Å². The number of hydrogen-bond donors (Lipinski definition) is 2. The van der Waals surface area contributed by atoms with Gasteiger partial charge in [0, 0.05) is 13.1 Å². The molecule has 8 nitrogen and oxygen atoms in total. The molecule has 0 saturated carbocycles. The number of rotatable bonds is 1. The maximum absolute atomic E-state index is 12.2. The topological polar surface area (TPSA) is 106 Å². The average Bonchev–Trinajstić information content (AvgIpc) is 2.58. The number of ether oxygens (including phenoxy) is 1. The number of nitrogens with one attached hydrogen (secondary N) is 2. The van der Waals surface area contributed by atoms with Crippen molar-refractivity contribution >= 4 is 17.4 Å². The Kier molecular flexibility index (Phi) is 4.05. The molecule has 23 heavy (non-hydrogen) atoms. The first-order valence-electron chi connectivity index (χ1n) is 7.08. The van der Waals surface area contributed by atoms with Crippen molar-refractivity contribution in [2.24, 2.45) is 0 Å². The van der Waals surface area contributed by atoms with Gasteiger partial charge in [0.2, 0.25) is 0 Å². The highest BCUT2D eigenvalue weighted by molar-refractivity contribution is 5.97. The van der Waals surface area contributed by atoms with Crippen LogP contribution in [0.15, 0.2) is 36.5 Å². The van der Waals surface area contributed by atoms with E-state index in [1.165, 1.54) is 12.3 Å². The van der Waals surface area contributed by atoms with Crippen LogP contribution in [0, 0.1) is 10.1 Å². The molecular formula is C15H14N4O4. The highest BCUT2D eigenvalue weighted by Crippen LogP contribution is 2.33. The molecule has 1 aromatic heterocycles. The Labute approximate surface area is 131 Å². The summed E-state index contributed by atoms with van der Waals surface area (Å²) in [6, 6.07) is 8.02. The van der Waals surface area contributed by atoms with E-state index in [-0.39, 0.29) is 17.3 Å². The Morgan fingerprint density at radius 1 is 1.17 bits per heavy atom. The van der Waals surface area contributed by atoms with Gasteiger partial charge < -0.3 is 15.4 Å². The molecule has 0 fully saturated rings. The summed E-state index contributed by atoms with van der Waals surface area (Å²) in [5, 5.41) is 16.8. The second-order valence-corrected chi connectivity index (χ2v) is 4.93. The first-order valence-corrected chi connectivity index (χ1v) is 7.08. The van der Waals surface area contributed by atoms with E-state index in [1.54, 1.807) is 24.3 Å². The van der Waals surface area contributed by atoms with Gasteiger partial charge in [0.25, 0.3) is 11.6 Å². The molecule has 3 rings (SSSR count). The summed E-state index contributed by atoms with van der Waals surface area (Å²) < 4.78 is 5.74. The number of fused-ring (bicyclic) bond motifs is 2. The van der Waals surface area contributed by atoms with Crippen molar-refractivity contribution in [3.8, 4) is 11.5 Å². The van der Waals surface area contributed by atoms with Gasteiger partial charge in [-0.05, 0) is 18.6 Å². The molecular weight excluding hydrogens is 300 g/mol. The highest BCUT2D eigenvalue weighted by Gasteiger charge is 2.18. The Hall–Kier alpha value is -3.16. The number of para-hydroxylation sites is 1. The van der Waals surface area contributed by atoms with Crippen LogP contribution in [0.3, 0.4) is 0 Å². The number of hydrogen-bond acceptors (Lipinski definition) is 6. The molecule has 0 bridgehead atoms. The standard InChI is InChI=1S/C15H14N4O4/c20-15-11-4-1-2-5-12(11)23-13-8-10(19(21)22)9-18-14(13)16-6-3-7-17-15/h1-2,4-5,8-9H,3,6-7H2,(H,16,18)(H,17,20). The number of aromatic nitrogens is 1. The summed E-state index contributed by atoms with van der Waals surface area (Å²) in [5.41, 5.74) is 0.189. The lowest BCUT2D eigenvalue weighted by atomic mass is 10.2. The molecule has 2 heterocycles. The van der Waals surface area contributed by atoms with Gasteiger partial charge in [-0.25, -0.2) is 4.98 Å². The van der Waals surface area contributed by atoms with Crippen molar-refractivity contribution in [3.05, 3.63) is 52.2 Å². The van der Waals surface area contributed by atoms with Crippen LogP contribution in [-0.2, 0) is 0 Å². The molecule has 118 valence electrons. The normalized spacial score (nSPS) is 14.2. The largest absolute Gasteiger partial charge is 0.452 e. The van der Waals surface area contributed by atoms with Crippen molar-refractivity contribution in [3.63, 3.8) is 0 Å². The molecule has 0 saturated heterocycles. The number of benzene rings is 1. The predicted octanol–water partition coefficient (Wildman–Crippen LogP) is 2.33. The van der Waals surface area contributed by atoms with Crippen molar-refractivity contribution in [1.82, 2.24) is 10.3 Å². The van der Waals surface area contributed by atoms with E-state index in [2.05, 4.69) is 15.6 Å². The smallest absolute Gasteiger partial charge is 0.291 e. The minimum atomic E-state index is -0.541. The van der Waals surface area contributed by atoms with E-state index in [0.717, 1.165) is 0 Å².